The summed E-state index contributed by atoms with van der Waals surface area (Å²) in [6, 6.07) is 21.2. The summed E-state index contributed by atoms with van der Waals surface area (Å²) in [5, 5.41) is 12.5. The van der Waals surface area contributed by atoms with Gasteiger partial charge in [0.2, 0.25) is 23.6 Å². The smallest absolute Gasteiger partial charge is 0.408 e. The SMILES string of the molecule is CC[C@H](C)[C@H](NC(=O)OCc1ccccc1)C(=O)N[C@@]1(C(=O)N[C@H](C(=O)Nc2ccc(C(N)=O)cc2)C(C)C)CCc2[nH]c3ccccc3c2C1. The second-order valence-electron chi connectivity index (χ2n) is 13.6. The molecule has 1 aliphatic rings. The molecule has 5 rings (SSSR count). The van der Waals surface area contributed by atoms with Gasteiger partial charge in [0.05, 0.1) is 0 Å². The van der Waals surface area contributed by atoms with E-state index in [-0.39, 0.29) is 31.3 Å². The van der Waals surface area contributed by atoms with Gasteiger partial charge in [-0.25, -0.2) is 4.79 Å². The summed E-state index contributed by atoms with van der Waals surface area (Å²) in [5.41, 5.74) is 8.23. The highest BCUT2D eigenvalue weighted by Gasteiger charge is 2.46. The van der Waals surface area contributed by atoms with Crippen LogP contribution in [0.25, 0.3) is 10.9 Å². The molecular formula is C39H46N6O6. The van der Waals surface area contributed by atoms with Crippen molar-refractivity contribution in [2.24, 2.45) is 17.6 Å². The summed E-state index contributed by atoms with van der Waals surface area (Å²) in [5.74, 6) is -2.72. The van der Waals surface area contributed by atoms with Crippen LogP contribution in [-0.4, -0.2) is 52.3 Å². The fourth-order valence-electron chi connectivity index (χ4n) is 6.42. The van der Waals surface area contributed by atoms with Crippen LogP contribution in [0.3, 0.4) is 0 Å². The zero-order valence-corrected chi connectivity index (χ0v) is 29.4. The lowest BCUT2D eigenvalue weighted by Gasteiger charge is -2.39. The van der Waals surface area contributed by atoms with Crippen LogP contribution in [0.1, 0.15) is 67.7 Å². The minimum Gasteiger partial charge on any atom is -0.445 e. The number of anilines is 1. The molecule has 12 nitrogen and oxygen atoms in total. The van der Waals surface area contributed by atoms with Crippen LogP contribution in [0.4, 0.5) is 10.5 Å². The quantitative estimate of drug-likeness (QED) is 0.118. The molecule has 51 heavy (non-hydrogen) atoms. The molecule has 0 bridgehead atoms. The second kappa shape index (κ2) is 15.9. The van der Waals surface area contributed by atoms with Gasteiger partial charge in [-0.2, -0.15) is 0 Å². The number of rotatable bonds is 13. The summed E-state index contributed by atoms with van der Waals surface area (Å²) in [6.07, 6.45) is 0.691. The Morgan fingerprint density at radius 1 is 0.863 bits per heavy atom. The van der Waals surface area contributed by atoms with Crippen molar-refractivity contribution in [1.29, 1.82) is 0 Å². The summed E-state index contributed by atoms with van der Waals surface area (Å²) in [7, 11) is 0. The lowest BCUT2D eigenvalue weighted by atomic mass is 9.78. The Kier molecular flexibility index (Phi) is 11.4. The third-order valence-electron chi connectivity index (χ3n) is 9.63. The number of benzene rings is 3. The van der Waals surface area contributed by atoms with Crippen molar-refractivity contribution >= 4 is 46.3 Å². The van der Waals surface area contributed by atoms with E-state index < -0.39 is 47.3 Å². The molecule has 0 radical (unpaired) electrons. The molecule has 0 aliphatic heterocycles. The van der Waals surface area contributed by atoms with Crippen molar-refractivity contribution in [3.63, 3.8) is 0 Å². The molecule has 268 valence electrons. The van der Waals surface area contributed by atoms with Crippen molar-refractivity contribution < 1.29 is 28.7 Å². The number of carbonyl (C=O) groups is 5. The topological polar surface area (TPSA) is 185 Å². The average molecular weight is 695 g/mol. The maximum absolute atomic E-state index is 14.6. The number of H-pyrrole nitrogens is 1. The number of hydrogen-bond donors (Lipinski definition) is 6. The number of amides is 5. The molecule has 0 saturated carbocycles. The minimum atomic E-state index is -1.45. The number of carbonyl (C=O) groups excluding carboxylic acids is 5. The van der Waals surface area contributed by atoms with Gasteiger partial charge in [0.15, 0.2) is 0 Å². The monoisotopic (exact) mass is 694 g/mol. The molecule has 0 spiro atoms. The van der Waals surface area contributed by atoms with E-state index in [1.165, 1.54) is 12.1 Å². The van der Waals surface area contributed by atoms with Crippen LogP contribution in [-0.2, 0) is 38.6 Å². The van der Waals surface area contributed by atoms with Crippen molar-refractivity contribution in [2.45, 2.75) is 77.6 Å². The standard InChI is InChI=1S/C39H46N6O6/c1-5-24(4)33(44-38(50)51-22-25-11-7-6-8-12-25)36(48)45-39(20-19-31-29(21-39)28-13-9-10-14-30(28)42-31)37(49)43-32(23(2)3)35(47)41-27-17-15-26(16-18-27)34(40)46/h6-18,23-24,32-33,42H,5,19-22H2,1-4H3,(H2,40,46)(H,41,47)(H,43,49)(H,44,50)(H,45,48)/t24-,32-,33-,39-/m0/s1. The van der Waals surface area contributed by atoms with Gasteiger partial charge in [0.25, 0.3) is 0 Å². The molecule has 4 aromatic rings. The summed E-state index contributed by atoms with van der Waals surface area (Å²) < 4.78 is 5.44. The molecule has 0 unspecified atom stereocenters. The Hall–Kier alpha value is -5.65. The number of aryl methyl sites for hydroxylation is 1. The van der Waals surface area contributed by atoms with E-state index in [0.29, 0.717) is 24.1 Å². The van der Waals surface area contributed by atoms with E-state index in [0.717, 1.165) is 27.7 Å². The van der Waals surface area contributed by atoms with Crippen molar-refractivity contribution in [3.05, 3.63) is 101 Å². The van der Waals surface area contributed by atoms with Gasteiger partial charge in [-0.15, -0.1) is 0 Å². The van der Waals surface area contributed by atoms with Gasteiger partial charge >= 0.3 is 6.09 Å². The van der Waals surface area contributed by atoms with Gasteiger partial charge < -0.3 is 36.7 Å². The molecule has 0 fully saturated rings. The van der Waals surface area contributed by atoms with Crippen LogP contribution in [0, 0.1) is 11.8 Å². The summed E-state index contributed by atoms with van der Waals surface area (Å²) >= 11 is 0. The van der Waals surface area contributed by atoms with Crippen LogP contribution < -0.4 is 27.0 Å². The number of ether oxygens (including phenoxy) is 1. The summed E-state index contributed by atoms with van der Waals surface area (Å²) in [4.78, 5) is 70.3. The van der Waals surface area contributed by atoms with Gasteiger partial charge in [0.1, 0.15) is 24.2 Å². The third kappa shape index (κ3) is 8.57. The van der Waals surface area contributed by atoms with Gasteiger partial charge in [-0.3, -0.25) is 19.2 Å². The molecule has 7 N–H and O–H groups in total. The number of aromatic nitrogens is 1. The van der Waals surface area contributed by atoms with E-state index in [1.54, 1.807) is 12.1 Å². The number of nitrogens with one attached hydrogen (secondary N) is 5. The molecule has 12 heteroatoms. The lowest BCUT2D eigenvalue weighted by Crippen LogP contribution is -2.67. The fraction of sp³-hybridized carbons (Fsp3) is 0.359. The van der Waals surface area contributed by atoms with Crippen LogP contribution >= 0.6 is 0 Å². The number of alkyl carbamates (subject to hydrolysis) is 1. The molecule has 0 saturated heterocycles. The predicted octanol–water partition coefficient (Wildman–Crippen LogP) is 4.73. The number of nitrogens with two attached hydrogens (primary N) is 1. The average Bonchev–Trinajstić information content (AvgIpc) is 3.49. The maximum Gasteiger partial charge on any atom is 0.408 e. The Morgan fingerprint density at radius 2 is 1.55 bits per heavy atom. The van der Waals surface area contributed by atoms with Gasteiger partial charge in [-0.1, -0.05) is 82.6 Å². The molecule has 3 aromatic carbocycles. The molecule has 1 heterocycles. The van der Waals surface area contributed by atoms with Crippen molar-refractivity contribution in [2.75, 3.05) is 5.32 Å². The lowest BCUT2D eigenvalue weighted by molar-refractivity contribution is -0.137. The number of fused-ring (bicyclic) bond motifs is 3. The van der Waals surface area contributed by atoms with Crippen molar-refractivity contribution in [3.8, 4) is 0 Å². The van der Waals surface area contributed by atoms with Crippen molar-refractivity contribution in [1.82, 2.24) is 20.9 Å². The maximum atomic E-state index is 14.6. The highest BCUT2D eigenvalue weighted by atomic mass is 16.5. The highest BCUT2D eigenvalue weighted by Crippen LogP contribution is 2.35. The highest BCUT2D eigenvalue weighted by molar-refractivity contribution is 6.01. The normalized spacial score (nSPS) is 17.0. The van der Waals surface area contributed by atoms with E-state index in [1.807, 2.05) is 82.3 Å². The third-order valence-corrected chi connectivity index (χ3v) is 9.63. The molecule has 4 atom stereocenters. The molecule has 1 aliphatic carbocycles. The summed E-state index contributed by atoms with van der Waals surface area (Å²) in [6.45, 7) is 7.42. The number of primary amides is 1. The number of para-hydroxylation sites is 1. The van der Waals surface area contributed by atoms with E-state index in [4.69, 9.17) is 10.5 Å². The molecule has 5 amide bonds. The van der Waals surface area contributed by atoms with E-state index in [9.17, 15) is 24.0 Å². The van der Waals surface area contributed by atoms with Crippen LogP contribution in [0.2, 0.25) is 0 Å². The first kappa shape index (κ1) is 36.6. The number of aromatic amines is 1. The fourth-order valence-corrected chi connectivity index (χ4v) is 6.42. The first-order chi connectivity index (χ1) is 24.4. The molecular weight excluding hydrogens is 648 g/mol. The first-order valence-corrected chi connectivity index (χ1v) is 17.3. The Bertz CT molecular complexity index is 1890. The van der Waals surface area contributed by atoms with Crippen LogP contribution in [0.15, 0.2) is 78.9 Å². The molecule has 1 aromatic heterocycles. The van der Waals surface area contributed by atoms with Gasteiger partial charge in [-0.05, 0) is 66.1 Å². The van der Waals surface area contributed by atoms with Gasteiger partial charge in [0, 0.05) is 34.3 Å². The largest absolute Gasteiger partial charge is 0.445 e. The van der Waals surface area contributed by atoms with E-state index in [2.05, 4.69) is 26.3 Å². The first-order valence-electron chi connectivity index (χ1n) is 17.3. The Labute approximate surface area is 297 Å². The zero-order valence-electron chi connectivity index (χ0n) is 29.4. The Balaban J connectivity index is 1.41. The Morgan fingerprint density at radius 3 is 2.22 bits per heavy atom. The zero-order chi connectivity index (χ0) is 36.7. The van der Waals surface area contributed by atoms with Crippen LogP contribution in [0.5, 0.6) is 0 Å². The van der Waals surface area contributed by atoms with E-state index >= 15 is 0 Å². The minimum absolute atomic E-state index is 0.0329. The second-order valence-corrected chi connectivity index (χ2v) is 13.6. The number of hydrogen-bond acceptors (Lipinski definition) is 6. The predicted molar refractivity (Wildman–Crippen MR) is 195 cm³/mol.